The largest absolute Gasteiger partial charge is 0.384 e. The van der Waals surface area contributed by atoms with Crippen LogP contribution in [0.5, 0.6) is 0 Å². The highest BCUT2D eigenvalue weighted by Crippen LogP contribution is 2.30. The Morgan fingerprint density at radius 1 is 1.60 bits per heavy atom. The maximum atomic E-state index is 5.13. The quantitative estimate of drug-likeness (QED) is 0.535. The van der Waals surface area contributed by atoms with Crippen LogP contribution in [0.25, 0.3) is 0 Å². The van der Waals surface area contributed by atoms with E-state index in [4.69, 9.17) is 4.74 Å². The second kappa shape index (κ2) is 3.20. The van der Waals surface area contributed by atoms with Crippen molar-refractivity contribution in [2.45, 2.75) is 26.2 Å². The Labute approximate surface area is 63.1 Å². The van der Waals surface area contributed by atoms with Gasteiger partial charge in [0.2, 0.25) is 0 Å². The van der Waals surface area contributed by atoms with E-state index in [0.717, 1.165) is 6.61 Å². The van der Waals surface area contributed by atoms with Crippen LogP contribution in [0.4, 0.5) is 0 Å². The van der Waals surface area contributed by atoms with Gasteiger partial charge in [0, 0.05) is 12.5 Å². The molecule has 0 saturated heterocycles. The van der Waals surface area contributed by atoms with E-state index in [9.17, 15) is 0 Å². The van der Waals surface area contributed by atoms with Gasteiger partial charge in [0.05, 0.1) is 6.61 Å². The average Bonchev–Trinajstić information content (AvgIpc) is 1.89. The third-order valence-corrected chi connectivity index (χ3v) is 2.11. The fourth-order valence-corrected chi connectivity index (χ4v) is 1.52. The van der Waals surface area contributed by atoms with E-state index in [1.54, 1.807) is 7.11 Å². The number of methoxy groups -OCH3 is 1. The van der Waals surface area contributed by atoms with Gasteiger partial charge in [-0.05, 0) is 19.3 Å². The Kier molecular flexibility index (Phi) is 2.50. The van der Waals surface area contributed by atoms with Crippen LogP contribution < -0.4 is 0 Å². The fourth-order valence-electron chi connectivity index (χ4n) is 1.52. The van der Waals surface area contributed by atoms with Gasteiger partial charge in [0.25, 0.3) is 0 Å². The summed E-state index contributed by atoms with van der Waals surface area (Å²) in [6, 6.07) is 0. The molecule has 1 heteroatoms. The van der Waals surface area contributed by atoms with Crippen molar-refractivity contribution in [3.05, 3.63) is 12.2 Å². The smallest absolute Gasteiger partial charge is 0.0550 e. The van der Waals surface area contributed by atoms with Crippen LogP contribution in [-0.4, -0.2) is 13.7 Å². The van der Waals surface area contributed by atoms with Crippen molar-refractivity contribution >= 4 is 0 Å². The molecule has 0 bridgehead atoms. The SMILES string of the molecule is COCC1(C)C=CCCC1. The van der Waals surface area contributed by atoms with Crippen molar-refractivity contribution in [2.75, 3.05) is 13.7 Å². The van der Waals surface area contributed by atoms with Gasteiger partial charge in [-0.15, -0.1) is 0 Å². The molecule has 1 atom stereocenters. The summed E-state index contributed by atoms with van der Waals surface area (Å²) in [5.41, 5.74) is 0.326. The Balaban J connectivity index is 2.48. The first-order valence-electron chi connectivity index (χ1n) is 3.93. The zero-order chi connectivity index (χ0) is 7.45. The Hall–Kier alpha value is -0.300. The maximum absolute atomic E-state index is 5.13. The summed E-state index contributed by atoms with van der Waals surface area (Å²) < 4.78 is 5.13. The van der Waals surface area contributed by atoms with Crippen molar-refractivity contribution in [3.63, 3.8) is 0 Å². The lowest BCUT2D eigenvalue weighted by Gasteiger charge is -2.27. The Bertz CT molecular complexity index is 129. The normalized spacial score (nSPS) is 32.6. The summed E-state index contributed by atoms with van der Waals surface area (Å²) >= 11 is 0. The predicted molar refractivity (Wildman–Crippen MR) is 43.0 cm³/mol. The van der Waals surface area contributed by atoms with Crippen molar-refractivity contribution in [2.24, 2.45) is 5.41 Å². The minimum absolute atomic E-state index is 0.326. The highest BCUT2D eigenvalue weighted by Gasteiger charge is 2.21. The molecule has 58 valence electrons. The molecular formula is C9H16O. The first kappa shape index (κ1) is 7.80. The minimum Gasteiger partial charge on any atom is -0.384 e. The van der Waals surface area contributed by atoms with Gasteiger partial charge in [-0.1, -0.05) is 19.1 Å². The summed E-state index contributed by atoms with van der Waals surface area (Å²) in [6.45, 7) is 3.12. The standard InChI is InChI=1S/C9H16O/c1-9(8-10-2)6-4-3-5-7-9/h4,6H,3,5,7-8H2,1-2H3. The molecule has 0 aliphatic heterocycles. The minimum atomic E-state index is 0.326. The molecule has 1 aliphatic carbocycles. The van der Waals surface area contributed by atoms with Crippen molar-refractivity contribution in [1.29, 1.82) is 0 Å². The monoisotopic (exact) mass is 140 g/mol. The van der Waals surface area contributed by atoms with Crippen LogP contribution in [0.15, 0.2) is 12.2 Å². The fraction of sp³-hybridized carbons (Fsp3) is 0.778. The van der Waals surface area contributed by atoms with Gasteiger partial charge in [-0.25, -0.2) is 0 Å². The number of hydrogen-bond donors (Lipinski definition) is 0. The predicted octanol–water partition coefficient (Wildman–Crippen LogP) is 2.38. The molecule has 0 heterocycles. The number of ether oxygens (including phenoxy) is 1. The molecule has 0 amide bonds. The van der Waals surface area contributed by atoms with Crippen molar-refractivity contribution in [1.82, 2.24) is 0 Å². The highest BCUT2D eigenvalue weighted by molar-refractivity contribution is 5.01. The van der Waals surface area contributed by atoms with Crippen LogP contribution in [0.3, 0.4) is 0 Å². The van der Waals surface area contributed by atoms with Gasteiger partial charge < -0.3 is 4.74 Å². The summed E-state index contributed by atoms with van der Waals surface area (Å²) in [4.78, 5) is 0. The Morgan fingerprint density at radius 3 is 2.90 bits per heavy atom. The van der Waals surface area contributed by atoms with Gasteiger partial charge >= 0.3 is 0 Å². The number of hydrogen-bond acceptors (Lipinski definition) is 1. The lowest BCUT2D eigenvalue weighted by Crippen LogP contribution is -2.21. The van der Waals surface area contributed by atoms with Crippen LogP contribution in [-0.2, 0) is 4.74 Å². The van der Waals surface area contributed by atoms with Crippen LogP contribution in [0.2, 0.25) is 0 Å². The molecule has 0 aromatic carbocycles. The second-order valence-electron chi connectivity index (χ2n) is 3.38. The third kappa shape index (κ3) is 1.84. The molecule has 1 nitrogen and oxygen atoms in total. The first-order valence-corrected chi connectivity index (χ1v) is 3.93. The molecule has 0 saturated carbocycles. The number of allylic oxidation sites excluding steroid dienone is 1. The molecule has 1 aliphatic rings. The van der Waals surface area contributed by atoms with Gasteiger partial charge in [0.1, 0.15) is 0 Å². The number of rotatable bonds is 2. The van der Waals surface area contributed by atoms with Crippen LogP contribution >= 0.6 is 0 Å². The van der Waals surface area contributed by atoms with E-state index in [1.807, 2.05) is 0 Å². The van der Waals surface area contributed by atoms with Gasteiger partial charge in [-0.3, -0.25) is 0 Å². The second-order valence-corrected chi connectivity index (χ2v) is 3.38. The zero-order valence-electron chi connectivity index (χ0n) is 6.89. The lowest BCUT2D eigenvalue weighted by atomic mass is 9.82. The molecule has 10 heavy (non-hydrogen) atoms. The van der Waals surface area contributed by atoms with Crippen LogP contribution in [0.1, 0.15) is 26.2 Å². The zero-order valence-corrected chi connectivity index (χ0v) is 6.89. The molecule has 0 aromatic rings. The molecule has 1 unspecified atom stereocenters. The first-order chi connectivity index (χ1) is 4.77. The van der Waals surface area contributed by atoms with E-state index in [-0.39, 0.29) is 0 Å². The van der Waals surface area contributed by atoms with Crippen molar-refractivity contribution in [3.8, 4) is 0 Å². The highest BCUT2D eigenvalue weighted by atomic mass is 16.5. The lowest BCUT2D eigenvalue weighted by molar-refractivity contribution is 0.112. The van der Waals surface area contributed by atoms with E-state index in [2.05, 4.69) is 19.1 Å². The summed E-state index contributed by atoms with van der Waals surface area (Å²) in [7, 11) is 1.77. The van der Waals surface area contributed by atoms with E-state index in [1.165, 1.54) is 19.3 Å². The summed E-state index contributed by atoms with van der Waals surface area (Å²) in [5.74, 6) is 0. The molecule has 0 spiro atoms. The topological polar surface area (TPSA) is 9.23 Å². The third-order valence-electron chi connectivity index (χ3n) is 2.11. The van der Waals surface area contributed by atoms with Crippen molar-refractivity contribution < 1.29 is 4.74 Å². The molecule has 0 aromatic heterocycles. The average molecular weight is 140 g/mol. The van der Waals surface area contributed by atoms with E-state index < -0.39 is 0 Å². The van der Waals surface area contributed by atoms with Gasteiger partial charge in [-0.2, -0.15) is 0 Å². The molecular weight excluding hydrogens is 124 g/mol. The molecule has 1 rings (SSSR count). The van der Waals surface area contributed by atoms with E-state index in [0.29, 0.717) is 5.41 Å². The molecule has 0 radical (unpaired) electrons. The van der Waals surface area contributed by atoms with Gasteiger partial charge in [0.15, 0.2) is 0 Å². The Morgan fingerprint density at radius 2 is 2.40 bits per heavy atom. The van der Waals surface area contributed by atoms with Crippen LogP contribution in [0, 0.1) is 5.41 Å². The molecule has 0 fully saturated rings. The maximum Gasteiger partial charge on any atom is 0.0550 e. The van der Waals surface area contributed by atoms with E-state index >= 15 is 0 Å². The summed E-state index contributed by atoms with van der Waals surface area (Å²) in [6.07, 6.45) is 8.40. The molecule has 0 N–H and O–H groups in total. The summed E-state index contributed by atoms with van der Waals surface area (Å²) in [5, 5.41) is 0.